The maximum Gasteiger partial charge on any atom is 0.230 e. The second kappa shape index (κ2) is 5.30. The lowest BCUT2D eigenvalue weighted by Gasteiger charge is -2.53. The number of hydrogen-bond acceptors (Lipinski definition) is 3. The molecule has 0 aromatic heterocycles. The van der Waals surface area contributed by atoms with E-state index >= 15 is 0 Å². The number of hydrogen-bond donors (Lipinski definition) is 1. The van der Waals surface area contributed by atoms with E-state index in [1.807, 2.05) is 0 Å². The van der Waals surface area contributed by atoms with E-state index in [1.54, 1.807) is 0 Å². The fourth-order valence-electron chi connectivity index (χ4n) is 4.64. The van der Waals surface area contributed by atoms with Gasteiger partial charge in [-0.15, -0.1) is 0 Å². The van der Waals surface area contributed by atoms with Crippen molar-refractivity contribution in [3.63, 3.8) is 0 Å². The van der Waals surface area contributed by atoms with Gasteiger partial charge in [0.25, 0.3) is 0 Å². The Kier molecular flexibility index (Phi) is 3.80. The standard InChI is InChI=1S/C16H29N3O/c1-12-7-16(8-12,11-17)15(20)19-10-14-5-3-4-6-18(14)9-13(19)2/h12-14H,3-11,17H2,1-2H3. The lowest BCUT2D eigenvalue weighted by Crippen LogP contribution is -2.64. The minimum absolute atomic E-state index is 0.232. The Balaban J connectivity index is 1.71. The highest BCUT2D eigenvalue weighted by atomic mass is 16.2. The van der Waals surface area contributed by atoms with Crippen LogP contribution in [0.3, 0.4) is 0 Å². The first kappa shape index (κ1) is 14.3. The minimum atomic E-state index is -0.232. The number of carbonyl (C=O) groups is 1. The first-order valence-electron chi connectivity index (χ1n) is 8.31. The van der Waals surface area contributed by atoms with Crippen LogP contribution in [0, 0.1) is 11.3 Å². The summed E-state index contributed by atoms with van der Waals surface area (Å²) >= 11 is 0. The maximum atomic E-state index is 13.0. The molecule has 0 aromatic carbocycles. The predicted molar refractivity (Wildman–Crippen MR) is 80.3 cm³/mol. The molecule has 1 saturated carbocycles. The van der Waals surface area contributed by atoms with Gasteiger partial charge >= 0.3 is 0 Å². The molecule has 2 aliphatic heterocycles. The van der Waals surface area contributed by atoms with Crippen molar-refractivity contribution < 1.29 is 4.79 Å². The Morgan fingerprint density at radius 2 is 2.00 bits per heavy atom. The van der Waals surface area contributed by atoms with Gasteiger partial charge in [-0.3, -0.25) is 9.69 Å². The number of rotatable bonds is 2. The molecule has 114 valence electrons. The van der Waals surface area contributed by atoms with Gasteiger partial charge in [0.05, 0.1) is 5.41 Å². The summed E-state index contributed by atoms with van der Waals surface area (Å²) in [5.74, 6) is 1.00. The molecule has 1 amide bonds. The Bertz CT molecular complexity index is 378. The molecule has 3 aliphatic rings. The van der Waals surface area contributed by atoms with E-state index in [9.17, 15) is 4.79 Å². The second-order valence-corrected chi connectivity index (χ2v) is 7.45. The summed E-state index contributed by atoms with van der Waals surface area (Å²) < 4.78 is 0. The smallest absolute Gasteiger partial charge is 0.230 e. The number of amides is 1. The molecule has 0 spiro atoms. The van der Waals surface area contributed by atoms with Crippen molar-refractivity contribution in [2.45, 2.75) is 58.0 Å². The quantitative estimate of drug-likeness (QED) is 0.832. The van der Waals surface area contributed by atoms with Crippen LogP contribution in [-0.4, -0.2) is 54.0 Å². The molecule has 3 fully saturated rings. The summed E-state index contributed by atoms with van der Waals surface area (Å²) in [7, 11) is 0. The molecule has 20 heavy (non-hydrogen) atoms. The van der Waals surface area contributed by atoms with Crippen LogP contribution in [0.2, 0.25) is 0 Å². The Labute approximate surface area is 122 Å². The van der Waals surface area contributed by atoms with Crippen LogP contribution in [-0.2, 0) is 4.79 Å². The van der Waals surface area contributed by atoms with Crippen LogP contribution in [0.4, 0.5) is 0 Å². The number of nitrogens with two attached hydrogens (primary N) is 1. The molecular weight excluding hydrogens is 250 g/mol. The fourth-order valence-corrected chi connectivity index (χ4v) is 4.64. The van der Waals surface area contributed by atoms with Gasteiger partial charge in [-0.05, 0) is 45.1 Å². The van der Waals surface area contributed by atoms with Crippen molar-refractivity contribution in [1.29, 1.82) is 0 Å². The molecule has 4 nitrogen and oxygen atoms in total. The third-order valence-corrected chi connectivity index (χ3v) is 5.77. The van der Waals surface area contributed by atoms with E-state index in [1.165, 1.54) is 25.8 Å². The fraction of sp³-hybridized carbons (Fsp3) is 0.938. The average molecular weight is 279 g/mol. The predicted octanol–water partition coefficient (Wildman–Crippen LogP) is 1.45. The van der Waals surface area contributed by atoms with Crippen LogP contribution in [0.1, 0.15) is 46.0 Å². The van der Waals surface area contributed by atoms with Crippen LogP contribution in [0.25, 0.3) is 0 Å². The van der Waals surface area contributed by atoms with Gasteiger partial charge in [-0.1, -0.05) is 13.3 Å². The van der Waals surface area contributed by atoms with Crippen molar-refractivity contribution in [3.05, 3.63) is 0 Å². The number of fused-ring (bicyclic) bond motifs is 1. The SMILES string of the molecule is CC1CC(CN)(C(=O)N2CC3CCCCN3CC2C)C1. The van der Waals surface area contributed by atoms with Crippen LogP contribution in [0.15, 0.2) is 0 Å². The van der Waals surface area contributed by atoms with Gasteiger partial charge < -0.3 is 10.6 Å². The third-order valence-electron chi connectivity index (χ3n) is 5.77. The van der Waals surface area contributed by atoms with E-state index in [2.05, 4.69) is 23.6 Å². The highest BCUT2D eigenvalue weighted by molar-refractivity contribution is 5.84. The number of nitrogens with zero attached hydrogens (tertiary/aromatic N) is 2. The zero-order chi connectivity index (χ0) is 14.3. The molecule has 0 bridgehead atoms. The Hall–Kier alpha value is -0.610. The van der Waals surface area contributed by atoms with E-state index in [4.69, 9.17) is 5.73 Å². The van der Waals surface area contributed by atoms with Crippen molar-refractivity contribution in [2.75, 3.05) is 26.2 Å². The summed E-state index contributed by atoms with van der Waals surface area (Å²) in [5.41, 5.74) is 5.73. The average Bonchev–Trinajstić information content (AvgIpc) is 2.42. The molecular formula is C16H29N3O. The molecule has 2 saturated heterocycles. The van der Waals surface area contributed by atoms with Crippen molar-refractivity contribution in [3.8, 4) is 0 Å². The minimum Gasteiger partial charge on any atom is -0.337 e. The number of carbonyl (C=O) groups excluding carboxylic acids is 1. The Morgan fingerprint density at radius 1 is 1.25 bits per heavy atom. The molecule has 2 N–H and O–H groups in total. The summed E-state index contributed by atoms with van der Waals surface area (Å²) in [5, 5.41) is 0. The molecule has 3 rings (SSSR count). The van der Waals surface area contributed by atoms with Crippen molar-refractivity contribution in [2.24, 2.45) is 17.1 Å². The molecule has 2 unspecified atom stereocenters. The van der Waals surface area contributed by atoms with Gasteiger partial charge in [0.1, 0.15) is 0 Å². The normalized spacial score (nSPS) is 42.0. The molecule has 4 heteroatoms. The van der Waals surface area contributed by atoms with Crippen molar-refractivity contribution in [1.82, 2.24) is 9.80 Å². The van der Waals surface area contributed by atoms with E-state index < -0.39 is 0 Å². The highest BCUT2D eigenvalue weighted by Crippen LogP contribution is 2.46. The van der Waals surface area contributed by atoms with Crippen molar-refractivity contribution >= 4 is 5.91 Å². The molecule has 2 heterocycles. The summed E-state index contributed by atoms with van der Waals surface area (Å²) in [6.07, 6.45) is 5.86. The summed E-state index contributed by atoms with van der Waals surface area (Å²) in [4.78, 5) is 17.7. The van der Waals surface area contributed by atoms with Gasteiger partial charge in [0.2, 0.25) is 5.91 Å². The lowest BCUT2D eigenvalue weighted by atomic mass is 9.61. The summed E-state index contributed by atoms with van der Waals surface area (Å²) in [6, 6.07) is 0.937. The third kappa shape index (κ3) is 2.27. The zero-order valence-electron chi connectivity index (χ0n) is 13.0. The van der Waals surface area contributed by atoms with Gasteiger partial charge in [0, 0.05) is 31.7 Å². The second-order valence-electron chi connectivity index (χ2n) is 7.45. The van der Waals surface area contributed by atoms with Crippen LogP contribution < -0.4 is 5.73 Å². The van der Waals surface area contributed by atoms with Gasteiger partial charge in [-0.2, -0.15) is 0 Å². The van der Waals surface area contributed by atoms with Crippen LogP contribution >= 0.6 is 0 Å². The molecule has 2 atom stereocenters. The van der Waals surface area contributed by atoms with E-state index in [0.717, 1.165) is 25.9 Å². The lowest BCUT2D eigenvalue weighted by molar-refractivity contribution is -0.156. The van der Waals surface area contributed by atoms with Crippen LogP contribution in [0.5, 0.6) is 0 Å². The maximum absolute atomic E-state index is 13.0. The number of piperidine rings is 1. The largest absolute Gasteiger partial charge is 0.337 e. The van der Waals surface area contributed by atoms with E-state index in [-0.39, 0.29) is 5.41 Å². The first-order chi connectivity index (χ1) is 9.55. The molecule has 1 aliphatic carbocycles. The summed E-state index contributed by atoms with van der Waals surface area (Å²) in [6.45, 7) is 8.14. The highest BCUT2D eigenvalue weighted by Gasteiger charge is 2.50. The monoisotopic (exact) mass is 279 g/mol. The Morgan fingerprint density at radius 3 is 2.65 bits per heavy atom. The van der Waals surface area contributed by atoms with Gasteiger partial charge in [0.15, 0.2) is 0 Å². The first-order valence-corrected chi connectivity index (χ1v) is 8.31. The van der Waals surface area contributed by atoms with E-state index in [0.29, 0.717) is 30.5 Å². The topological polar surface area (TPSA) is 49.6 Å². The van der Waals surface area contributed by atoms with Gasteiger partial charge in [-0.25, -0.2) is 0 Å². The molecule has 0 radical (unpaired) electrons. The number of piperazine rings is 1. The zero-order valence-corrected chi connectivity index (χ0v) is 13.0. The molecule has 0 aromatic rings.